The molecule has 3 aliphatic heterocycles. The molecule has 1 atom stereocenters. The van der Waals surface area contributed by atoms with E-state index in [0.717, 1.165) is 34.0 Å². The molecule has 4 heterocycles. The van der Waals surface area contributed by atoms with Crippen molar-refractivity contribution in [2.24, 2.45) is 0 Å². The zero-order valence-corrected chi connectivity index (χ0v) is 23.1. The highest BCUT2D eigenvalue weighted by Gasteiger charge is 2.43. The topological polar surface area (TPSA) is 19.6 Å². The van der Waals surface area contributed by atoms with Gasteiger partial charge < -0.3 is 14.2 Å². The summed E-state index contributed by atoms with van der Waals surface area (Å²) < 4.78 is 6.61. The summed E-state index contributed by atoms with van der Waals surface area (Å²) in [7, 11) is 0. The molecule has 0 saturated heterocycles. The normalized spacial score (nSPS) is 15.8. The predicted octanol–water partition coefficient (Wildman–Crippen LogP) is 10.5. The van der Waals surface area contributed by atoms with E-state index < -0.39 is 0 Å². The summed E-state index contributed by atoms with van der Waals surface area (Å²) in [5, 5.41) is 2.29. The number of nitrogens with zero attached hydrogens (tertiary/aromatic N) is 2. The van der Waals surface area contributed by atoms with E-state index in [1.54, 1.807) is 0 Å². The number of rotatable bonds is 1. The third kappa shape index (κ3) is 2.75. The molecule has 0 aliphatic carbocycles. The second kappa shape index (κ2) is 7.92. The monoisotopic (exact) mass is 538 g/mol. The van der Waals surface area contributed by atoms with E-state index in [2.05, 4.69) is 132 Å². The molecule has 0 amide bonds. The average molecular weight is 539 g/mol. The molecule has 0 radical (unpaired) electrons. The molecule has 3 aliphatic rings. The van der Waals surface area contributed by atoms with Crippen LogP contribution in [-0.2, 0) is 6.42 Å². The van der Waals surface area contributed by atoms with Gasteiger partial charge in [-0.25, -0.2) is 0 Å². The van der Waals surface area contributed by atoms with Gasteiger partial charge in [0.15, 0.2) is 5.58 Å². The Morgan fingerprint density at radius 2 is 1.24 bits per heavy atom. The van der Waals surface area contributed by atoms with Crippen molar-refractivity contribution < 1.29 is 4.42 Å². The highest BCUT2D eigenvalue weighted by Crippen LogP contribution is 2.62. The minimum absolute atomic E-state index is 0.148. The third-order valence-corrected chi connectivity index (χ3v) is 9.46. The lowest BCUT2D eigenvalue weighted by atomic mass is 9.73. The van der Waals surface area contributed by atoms with Crippen LogP contribution in [0.15, 0.2) is 126 Å². The number of furan rings is 1. The summed E-state index contributed by atoms with van der Waals surface area (Å²) in [5.74, 6) is 0.148. The van der Waals surface area contributed by atoms with Gasteiger partial charge in [0.25, 0.3) is 0 Å². The molecule has 0 saturated carbocycles. The summed E-state index contributed by atoms with van der Waals surface area (Å²) in [5.41, 5.74) is 17.3. The van der Waals surface area contributed by atoms with Crippen molar-refractivity contribution in [1.82, 2.24) is 0 Å². The van der Waals surface area contributed by atoms with Gasteiger partial charge in [-0.15, -0.1) is 0 Å². The van der Waals surface area contributed by atoms with Gasteiger partial charge in [-0.3, -0.25) is 0 Å². The van der Waals surface area contributed by atoms with Crippen molar-refractivity contribution in [3.05, 3.63) is 155 Å². The van der Waals surface area contributed by atoms with E-state index in [4.69, 9.17) is 4.42 Å². The molecule has 0 fully saturated rings. The number of aryl methyl sites for hydroxylation is 1. The van der Waals surface area contributed by atoms with E-state index in [-0.39, 0.29) is 5.92 Å². The van der Waals surface area contributed by atoms with E-state index in [9.17, 15) is 0 Å². The largest absolute Gasteiger partial charge is 0.454 e. The molecule has 3 heteroatoms. The molecular weight excluding hydrogens is 512 g/mol. The summed E-state index contributed by atoms with van der Waals surface area (Å²) in [6.45, 7) is 2.23. The number of anilines is 6. The van der Waals surface area contributed by atoms with Gasteiger partial charge in [-0.2, -0.15) is 0 Å². The van der Waals surface area contributed by atoms with E-state index in [1.165, 1.54) is 61.8 Å². The highest BCUT2D eigenvalue weighted by molar-refractivity contribution is 6.11. The number of fused-ring (bicyclic) bond motifs is 9. The van der Waals surface area contributed by atoms with Crippen LogP contribution in [0.4, 0.5) is 34.1 Å². The predicted molar refractivity (Wildman–Crippen MR) is 172 cm³/mol. The maximum atomic E-state index is 6.61. The maximum absolute atomic E-state index is 6.61. The summed E-state index contributed by atoms with van der Waals surface area (Å²) >= 11 is 0. The van der Waals surface area contributed by atoms with Crippen LogP contribution in [0.2, 0.25) is 0 Å². The van der Waals surface area contributed by atoms with Crippen molar-refractivity contribution >= 4 is 56.1 Å². The first kappa shape index (κ1) is 22.4. The third-order valence-electron chi connectivity index (χ3n) is 9.46. The fraction of sp³-hybridized carbons (Fsp3) is 0.0769. The summed E-state index contributed by atoms with van der Waals surface area (Å²) in [4.78, 5) is 4.99. The van der Waals surface area contributed by atoms with Crippen molar-refractivity contribution in [3.8, 4) is 0 Å². The molecule has 1 unspecified atom stereocenters. The molecule has 7 aromatic rings. The first-order chi connectivity index (χ1) is 20.8. The zero-order chi connectivity index (χ0) is 27.5. The standard InChI is InChI=1S/C39H26N2O/c1-23-20-33-37-34(21-23)41-30-16-5-2-10-24(30)22-25-11-8-15-29(38(25)41)36(37)28-13-3-6-17-31(28)40(33)32-18-9-14-27-26-12-4-7-19-35(26)42-39(27)32/h2-21,36H,22H2,1H3. The first-order valence-electron chi connectivity index (χ1n) is 14.7. The second-order valence-corrected chi connectivity index (χ2v) is 11.8. The van der Waals surface area contributed by atoms with Crippen LogP contribution in [0, 0.1) is 6.92 Å². The Labute approximate surface area is 243 Å². The summed E-state index contributed by atoms with van der Waals surface area (Å²) in [6.07, 6.45) is 0.957. The van der Waals surface area contributed by atoms with Crippen molar-refractivity contribution in [2.45, 2.75) is 19.3 Å². The zero-order valence-electron chi connectivity index (χ0n) is 23.1. The van der Waals surface area contributed by atoms with Crippen molar-refractivity contribution in [1.29, 1.82) is 0 Å². The second-order valence-electron chi connectivity index (χ2n) is 11.8. The van der Waals surface area contributed by atoms with Crippen LogP contribution in [0.5, 0.6) is 0 Å². The van der Waals surface area contributed by atoms with Gasteiger partial charge in [-0.05, 0) is 71.1 Å². The van der Waals surface area contributed by atoms with Crippen LogP contribution in [0.3, 0.4) is 0 Å². The molecule has 10 rings (SSSR count). The van der Waals surface area contributed by atoms with E-state index >= 15 is 0 Å². The molecule has 6 aromatic carbocycles. The Morgan fingerprint density at radius 3 is 2.17 bits per heavy atom. The van der Waals surface area contributed by atoms with Crippen LogP contribution >= 0.6 is 0 Å². The Balaban J connectivity index is 1.33. The lowest BCUT2D eigenvalue weighted by Crippen LogP contribution is -2.31. The maximum Gasteiger partial charge on any atom is 0.159 e. The van der Waals surface area contributed by atoms with Gasteiger partial charge in [0.05, 0.1) is 28.4 Å². The lowest BCUT2D eigenvalue weighted by Gasteiger charge is -2.47. The van der Waals surface area contributed by atoms with Gasteiger partial charge in [-0.1, -0.05) is 84.9 Å². The first-order valence-corrected chi connectivity index (χ1v) is 14.7. The smallest absolute Gasteiger partial charge is 0.159 e. The Morgan fingerprint density at radius 1 is 0.571 bits per heavy atom. The molecule has 3 nitrogen and oxygen atoms in total. The molecule has 198 valence electrons. The minimum atomic E-state index is 0.148. The minimum Gasteiger partial charge on any atom is -0.454 e. The number of benzene rings is 6. The number of para-hydroxylation sites is 5. The Bertz CT molecular complexity index is 2280. The highest BCUT2D eigenvalue weighted by atomic mass is 16.3. The molecule has 0 bridgehead atoms. The fourth-order valence-corrected chi connectivity index (χ4v) is 7.85. The van der Waals surface area contributed by atoms with Crippen LogP contribution < -0.4 is 9.80 Å². The van der Waals surface area contributed by atoms with Crippen LogP contribution in [0.25, 0.3) is 21.9 Å². The quantitative estimate of drug-likeness (QED) is 0.207. The van der Waals surface area contributed by atoms with Gasteiger partial charge in [0.1, 0.15) is 5.58 Å². The molecule has 0 spiro atoms. The summed E-state index contributed by atoms with van der Waals surface area (Å²) in [6, 6.07) is 44.4. The lowest BCUT2D eigenvalue weighted by molar-refractivity contribution is 0.669. The molecule has 42 heavy (non-hydrogen) atoms. The number of hydrogen-bond donors (Lipinski definition) is 0. The fourth-order valence-electron chi connectivity index (χ4n) is 7.85. The molecule has 0 N–H and O–H groups in total. The van der Waals surface area contributed by atoms with Crippen LogP contribution in [0.1, 0.15) is 39.3 Å². The van der Waals surface area contributed by atoms with E-state index in [1.807, 2.05) is 6.07 Å². The SMILES string of the molecule is Cc1cc2c3c(c1)N(c1cccc4c1oc1ccccc14)c1ccccc1C3c1cccc3c1N2c1ccccc1C3. The van der Waals surface area contributed by atoms with Gasteiger partial charge in [0, 0.05) is 34.4 Å². The van der Waals surface area contributed by atoms with E-state index in [0.29, 0.717) is 0 Å². The van der Waals surface area contributed by atoms with Crippen LogP contribution in [-0.4, -0.2) is 0 Å². The molecular formula is C39H26N2O. The van der Waals surface area contributed by atoms with Crippen molar-refractivity contribution in [2.75, 3.05) is 9.80 Å². The molecule has 1 aromatic heterocycles. The Kier molecular flexibility index (Phi) is 4.23. The van der Waals surface area contributed by atoms with Crippen molar-refractivity contribution in [3.63, 3.8) is 0 Å². The average Bonchev–Trinajstić information content (AvgIpc) is 3.41. The Hall–Kier alpha value is -5.28. The van der Waals surface area contributed by atoms with Gasteiger partial charge >= 0.3 is 0 Å². The number of hydrogen-bond acceptors (Lipinski definition) is 3. The van der Waals surface area contributed by atoms with Gasteiger partial charge in [0.2, 0.25) is 0 Å².